The van der Waals surface area contributed by atoms with Crippen LogP contribution in [0.4, 0.5) is 25.0 Å². The van der Waals surface area contributed by atoms with Gasteiger partial charge in [0.1, 0.15) is 29.1 Å². The number of pyridine rings is 1. The minimum atomic E-state index is -1.39. The minimum Gasteiger partial charge on any atom is -0.493 e. The summed E-state index contributed by atoms with van der Waals surface area (Å²) in [7, 11) is 3.02. The molecule has 1 N–H and O–H groups in total. The van der Waals surface area contributed by atoms with Gasteiger partial charge in [-0.2, -0.15) is 0 Å². The molecule has 6 rings (SSSR count). The zero-order chi connectivity index (χ0) is 35.9. The van der Waals surface area contributed by atoms with Crippen LogP contribution in [-0.4, -0.2) is 61.6 Å². The maximum atomic E-state index is 15.4. The average molecular weight is 697 g/mol. The van der Waals surface area contributed by atoms with E-state index in [1.807, 2.05) is 30.3 Å². The molecule has 0 aliphatic carbocycles. The molecule has 11 nitrogen and oxygen atoms in total. The van der Waals surface area contributed by atoms with E-state index in [0.717, 1.165) is 28.7 Å². The van der Waals surface area contributed by atoms with Gasteiger partial charge in [0.15, 0.2) is 11.5 Å². The molecule has 0 radical (unpaired) electrons. The fourth-order valence-corrected chi connectivity index (χ4v) is 5.64. The second-order valence-corrected chi connectivity index (χ2v) is 11.6. The van der Waals surface area contributed by atoms with Crippen molar-refractivity contribution in [1.82, 2.24) is 9.88 Å². The van der Waals surface area contributed by atoms with Crippen LogP contribution in [0.15, 0.2) is 97.2 Å². The molecular formula is C38H34F2N4O7. The summed E-state index contributed by atoms with van der Waals surface area (Å²) in [4.78, 5) is 47.2. The van der Waals surface area contributed by atoms with Crippen LogP contribution in [-0.2, 0) is 20.9 Å². The molecule has 0 saturated carbocycles. The molecule has 4 amide bonds. The Bertz CT molecular complexity index is 2050. The van der Waals surface area contributed by atoms with Crippen LogP contribution in [0.25, 0.3) is 10.9 Å². The smallest absolute Gasteiger partial charge is 0.331 e. The SMILES string of the molecule is COc1cc2nccc(Oc3ccc(NC(=O)C4CN(CCCOCc5ccccc5)C(=O)N(c5ccc(F)cc5)C4=O)c(F)c3)c2cc1OC. The molecule has 1 aliphatic heterocycles. The zero-order valence-corrected chi connectivity index (χ0v) is 27.8. The van der Waals surface area contributed by atoms with Crippen molar-refractivity contribution in [2.75, 3.05) is 44.1 Å². The summed E-state index contributed by atoms with van der Waals surface area (Å²) in [6.45, 7) is 0.631. The Morgan fingerprint density at radius 1 is 0.902 bits per heavy atom. The standard InChI is InChI=1S/C38H34F2N4O7/c1-48-34-20-28-32(21-35(34)49-2)41-16-15-33(28)51-27-13-14-31(30(40)19-27)42-36(45)29-22-43(17-6-18-50-23-24-7-4-3-5-8-24)38(47)44(37(29)46)26-11-9-25(39)10-12-26/h3-5,7-16,19-21,29H,6,17-18,22-23H2,1-2H3,(H,42,45). The van der Waals surface area contributed by atoms with Crippen molar-refractivity contribution in [1.29, 1.82) is 0 Å². The van der Waals surface area contributed by atoms with Gasteiger partial charge >= 0.3 is 6.03 Å². The van der Waals surface area contributed by atoms with Gasteiger partial charge in [0.2, 0.25) is 11.8 Å². The Balaban J connectivity index is 1.16. The molecule has 1 aliphatic rings. The number of nitrogens with one attached hydrogen (secondary N) is 1. The van der Waals surface area contributed by atoms with Crippen LogP contribution in [0.3, 0.4) is 0 Å². The first-order valence-electron chi connectivity index (χ1n) is 16.0. The van der Waals surface area contributed by atoms with Crippen molar-refractivity contribution < 1.29 is 42.1 Å². The lowest BCUT2D eigenvalue weighted by molar-refractivity contribution is -0.132. The van der Waals surface area contributed by atoms with Gasteiger partial charge in [0.25, 0.3) is 0 Å². The monoisotopic (exact) mass is 696 g/mol. The summed E-state index contributed by atoms with van der Waals surface area (Å²) in [5.74, 6) is -2.95. The third-order valence-corrected chi connectivity index (χ3v) is 8.25. The molecule has 1 saturated heterocycles. The molecule has 1 aromatic heterocycles. The minimum absolute atomic E-state index is 0.0987. The molecule has 0 bridgehead atoms. The van der Waals surface area contributed by atoms with Crippen molar-refractivity contribution in [2.24, 2.45) is 5.92 Å². The highest BCUT2D eigenvalue weighted by atomic mass is 19.1. The Kier molecular flexibility index (Phi) is 10.7. The number of benzene rings is 4. The van der Waals surface area contributed by atoms with Crippen molar-refractivity contribution in [2.45, 2.75) is 13.0 Å². The highest BCUT2D eigenvalue weighted by Crippen LogP contribution is 2.37. The molecule has 4 aromatic carbocycles. The maximum Gasteiger partial charge on any atom is 0.331 e. The van der Waals surface area contributed by atoms with Crippen molar-refractivity contribution in [3.8, 4) is 23.0 Å². The summed E-state index contributed by atoms with van der Waals surface area (Å²) in [5.41, 5.74) is 1.46. The Morgan fingerprint density at radius 2 is 1.65 bits per heavy atom. The molecule has 5 aromatic rings. The first kappa shape index (κ1) is 34.8. The number of methoxy groups -OCH3 is 2. The molecule has 1 unspecified atom stereocenters. The molecule has 1 fully saturated rings. The third kappa shape index (κ3) is 7.89. The van der Waals surface area contributed by atoms with Crippen LogP contribution in [0.1, 0.15) is 12.0 Å². The number of carbonyl (C=O) groups excluding carboxylic acids is 3. The highest BCUT2D eigenvalue weighted by molar-refractivity contribution is 6.23. The highest BCUT2D eigenvalue weighted by Gasteiger charge is 2.43. The first-order valence-corrected chi connectivity index (χ1v) is 16.0. The van der Waals surface area contributed by atoms with E-state index in [9.17, 15) is 18.8 Å². The molecular weight excluding hydrogens is 662 g/mol. The van der Waals surface area contributed by atoms with Gasteiger partial charge < -0.3 is 29.2 Å². The zero-order valence-electron chi connectivity index (χ0n) is 27.8. The average Bonchev–Trinajstić information content (AvgIpc) is 3.14. The fraction of sp³-hybridized carbons (Fsp3) is 0.211. The lowest BCUT2D eigenvalue weighted by Crippen LogP contribution is -2.59. The molecule has 13 heteroatoms. The van der Waals surface area contributed by atoms with E-state index in [1.54, 1.807) is 18.2 Å². The second kappa shape index (κ2) is 15.6. The predicted octanol–water partition coefficient (Wildman–Crippen LogP) is 6.95. The summed E-state index contributed by atoms with van der Waals surface area (Å²) < 4.78 is 51.6. The van der Waals surface area contributed by atoms with Gasteiger partial charge in [-0.3, -0.25) is 14.6 Å². The van der Waals surface area contributed by atoms with E-state index in [-0.39, 0.29) is 30.2 Å². The quantitative estimate of drug-likeness (QED) is 0.104. The van der Waals surface area contributed by atoms with Crippen LogP contribution in [0.5, 0.6) is 23.0 Å². The molecule has 2 heterocycles. The Morgan fingerprint density at radius 3 is 2.37 bits per heavy atom. The number of halogens is 2. The van der Waals surface area contributed by atoms with Gasteiger partial charge in [-0.15, -0.1) is 0 Å². The van der Waals surface area contributed by atoms with Crippen LogP contribution in [0.2, 0.25) is 0 Å². The number of urea groups is 1. The first-order chi connectivity index (χ1) is 24.7. The van der Waals surface area contributed by atoms with E-state index in [2.05, 4.69) is 10.3 Å². The number of hydrogen-bond acceptors (Lipinski definition) is 8. The fourth-order valence-electron chi connectivity index (χ4n) is 5.64. The van der Waals surface area contributed by atoms with E-state index in [0.29, 0.717) is 47.8 Å². The van der Waals surface area contributed by atoms with Gasteiger partial charge in [-0.25, -0.2) is 18.5 Å². The Labute approximate surface area is 292 Å². The van der Waals surface area contributed by atoms with Crippen molar-refractivity contribution in [3.05, 3.63) is 114 Å². The van der Waals surface area contributed by atoms with E-state index in [4.69, 9.17) is 18.9 Å². The maximum absolute atomic E-state index is 15.4. The predicted molar refractivity (Wildman–Crippen MR) is 185 cm³/mol. The molecule has 1 atom stereocenters. The number of rotatable bonds is 13. The van der Waals surface area contributed by atoms with Gasteiger partial charge in [0, 0.05) is 43.4 Å². The number of nitrogens with zero attached hydrogens (tertiary/aromatic N) is 3. The molecule has 51 heavy (non-hydrogen) atoms. The van der Waals surface area contributed by atoms with Gasteiger partial charge in [0.05, 0.1) is 37.7 Å². The number of anilines is 2. The van der Waals surface area contributed by atoms with Crippen LogP contribution >= 0.6 is 0 Å². The van der Waals surface area contributed by atoms with Crippen molar-refractivity contribution in [3.63, 3.8) is 0 Å². The third-order valence-electron chi connectivity index (χ3n) is 8.25. The van der Waals surface area contributed by atoms with Gasteiger partial charge in [-0.05, 0) is 60.5 Å². The summed E-state index contributed by atoms with van der Waals surface area (Å²) in [6.07, 6.45) is 1.96. The van der Waals surface area contributed by atoms with Crippen LogP contribution < -0.4 is 24.4 Å². The number of imide groups is 1. The normalized spacial score (nSPS) is 14.5. The lowest BCUT2D eigenvalue weighted by Gasteiger charge is -2.38. The lowest BCUT2D eigenvalue weighted by atomic mass is 10.0. The van der Waals surface area contributed by atoms with E-state index in [1.165, 1.54) is 49.6 Å². The van der Waals surface area contributed by atoms with E-state index >= 15 is 4.39 Å². The number of amides is 4. The number of carbonyl (C=O) groups is 3. The van der Waals surface area contributed by atoms with Gasteiger partial charge in [-0.1, -0.05) is 30.3 Å². The number of hydrogen-bond donors (Lipinski definition) is 1. The molecule has 262 valence electrons. The summed E-state index contributed by atoms with van der Waals surface area (Å²) >= 11 is 0. The van der Waals surface area contributed by atoms with Crippen molar-refractivity contribution >= 4 is 40.1 Å². The van der Waals surface area contributed by atoms with Crippen LogP contribution in [0, 0.1) is 17.6 Å². The number of ether oxygens (including phenoxy) is 4. The Hall–Kier alpha value is -6.08. The number of aromatic nitrogens is 1. The van der Waals surface area contributed by atoms with E-state index < -0.39 is 35.4 Å². The topological polar surface area (TPSA) is 120 Å². The second-order valence-electron chi connectivity index (χ2n) is 11.6. The summed E-state index contributed by atoms with van der Waals surface area (Å²) in [5, 5.41) is 3.08. The summed E-state index contributed by atoms with van der Waals surface area (Å²) in [6, 6.07) is 22.6. The number of fused-ring (bicyclic) bond motifs is 1. The largest absolute Gasteiger partial charge is 0.493 e. The molecule has 0 spiro atoms.